The molecule has 0 aromatic heterocycles. The summed E-state index contributed by atoms with van der Waals surface area (Å²) in [5.74, 6) is 0. The van der Waals surface area contributed by atoms with Crippen LogP contribution in [0.5, 0.6) is 0 Å². The van der Waals surface area contributed by atoms with E-state index < -0.39 is 0 Å². The maximum atomic E-state index is 9.89. The van der Waals surface area contributed by atoms with E-state index in [1.807, 2.05) is 6.92 Å². The van der Waals surface area contributed by atoms with Crippen LogP contribution in [0.3, 0.4) is 0 Å². The van der Waals surface area contributed by atoms with E-state index in [9.17, 15) is 5.11 Å². The summed E-state index contributed by atoms with van der Waals surface area (Å²) in [5.41, 5.74) is 4.10. The molecule has 0 bridgehead atoms. The first kappa shape index (κ1) is 16.3. The molecule has 3 heteroatoms. The van der Waals surface area contributed by atoms with E-state index >= 15 is 0 Å². The third-order valence-electron chi connectivity index (χ3n) is 4.65. The number of benzene rings is 1. The van der Waals surface area contributed by atoms with E-state index in [-0.39, 0.29) is 12.1 Å². The average molecular weight is 290 g/mol. The first-order valence-electron chi connectivity index (χ1n) is 8.35. The first-order valence-corrected chi connectivity index (χ1v) is 8.35. The minimum Gasteiger partial charge on any atom is -0.391 e. The Morgan fingerprint density at radius 1 is 1.29 bits per heavy atom. The van der Waals surface area contributed by atoms with Crippen molar-refractivity contribution in [3.63, 3.8) is 0 Å². The molecule has 0 saturated heterocycles. The number of aliphatic hydroxyl groups is 1. The summed E-state index contributed by atoms with van der Waals surface area (Å²) in [5, 5.41) is 13.4. The number of fused-ring (bicyclic) bond motifs is 1. The van der Waals surface area contributed by atoms with Gasteiger partial charge >= 0.3 is 0 Å². The molecule has 3 atom stereocenters. The SMILES string of the molecule is CCCNC(C)c1ccc2c(c1)CCCN2C(C)C(C)O. The highest BCUT2D eigenvalue weighted by Gasteiger charge is 2.24. The van der Waals surface area contributed by atoms with Crippen LogP contribution in [0.25, 0.3) is 0 Å². The standard InChI is InChI=1S/C18H30N2O/c1-5-10-19-13(2)16-8-9-18-17(12-16)7-6-11-20(18)14(3)15(4)21/h8-9,12-15,19,21H,5-7,10-11H2,1-4H3. The largest absolute Gasteiger partial charge is 0.391 e. The molecule has 2 rings (SSSR count). The van der Waals surface area contributed by atoms with Crippen LogP contribution in [0.4, 0.5) is 5.69 Å². The van der Waals surface area contributed by atoms with Gasteiger partial charge in [0.15, 0.2) is 0 Å². The van der Waals surface area contributed by atoms with E-state index in [1.54, 1.807) is 0 Å². The molecule has 0 saturated carbocycles. The number of aryl methyl sites for hydroxylation is 1. The maximum absolute atomic E-state index is 9.89. The van der Waals surface area contributed by atoms with Crippen LogP contribution in [-0.4, -0.2) is 30.3 Å². The summed E-state index contributed by atoms with van der Waals surface area (Å²) >= 11 is 0. The lowest BCUT2D eigenvalue weighted by Crippen LogP contribution is -2.43. The molecule has 1 aliphatic rings. The summed E-state index contributed by atoms with van der Waals surface area (Å²) in [7, 11) is 0. The van der Waals surface area contributed by atoms with Gasteiger partial charge in [-0.2, -0.15) is 0 Å². The lowest BCUT2D eigenvalue weighted by atomic mass is 9.95. The second-order valence-corrected chi connectivity index (χ2v) is 6.34. The van der Waals surface area contributed by atoms with E-state index in [4.69, 9.17) is 0 Å². The summed E-state index contributed by atoms with van der Waals surface area (Å²) in [4.78, 5) is 2.36. The van der Waals surface area contributed by atoms with Gasteiger partial charge in [0.2, 0.25) is 0 Å². The van der Waals surface area contributed by atoms with Gasteiger partial charge in [-0.15, -0.1) is 0 Å². The zero-order chi connectivity index (χ0) is 15.4. The Morgan fingerprint density at radius 3 is 2.71 bits per heavy atom. The minimum atomic E-state index is -0.305. The number of nitrogens with one attached hydrogen (secondary N) is 1. The zero-order valence-corrected chi connectivity index (χ0v) is 13.9. The predicted octanol–water partition coefficient (Wildman–Crippen LogP) is 3.27. The summed E-state index contributed by atoms with van der Waals surface area (Å²) < 4.78 is 0. The molecule has 2 N–H and O–H groups in total. The Balaban J connectivity index is 2.20. The lowest BCUT2D eigenvalue weighted by Gasteiger charge is -2.38. The monoisotopic (exact) mass is 290 g/mol. The molecule has 0 radical (unpaired) electrons. The predicted molar refractivity (Wildman–Crippen MR) is 90.0 cm³/mol. The van der Waals surface area contributed by atoms with Crippen molar-refractivity contribution in [2.75, 3.05) is 18.0 Å². The Kier molecular flexibility index (Phi) is 5.65. The molecule has 118 valence electrons. The second kappa shape index (κ2) is 7.28. The molecule has 0 fully saturated rings. The van der Waals surface area contributed by atoms with Gasteiger partial charge in [-0.25, -0.2) is 0 Å². The van der Waals surface area contributed by atoms with Gasteiger partial charge in [-0.1, -0.05) is 19.1 Å². The van der Waals surface area contributed by atoms with E-state index in [0.29, 0.717) is 6.04 Å². The zero-order valence-electron chi connectivity index (χ0n) is 13.9. The second-order valence-electron chi connectivity index (χ2n) is 6.34. The summed E-state index contributed by atoms with van der Waals surface area (Å²) in [6.45, 7) is 10.5. The van der Waals surface area contributed by atoms with Gasteiger partial charge in [0.25, 0.3) is 0 Å². The van der Waals surface area contributed by atoms with Gasteiger partial charge in [0, 0.05) is 18.3 Å². The Bertz CT molecular complexity index is 459. The van der Waals surface area contributed by atoms with Crippen molar-refractivity contribution in [2.24, 2.45) is 0 Å². The lowest BCUT2D eigenvalue weighted by molar-refractivity contribution is 0.164. The Hall–Kier alpha value is -1.06. The van der Waals surface area contributed by atoms with Crippen molar-refractivity contribution in [2.45, 2.75) is 65.1 Å². The van der Waals surface area contributed by atoms with E-state index in [1.165, 1.54) is 23.2 Å². The molecular weight excluding hydrogens is 260 g/mol. The number of rotatable bonds is 6. The van der Waals surface area contributed by atoms with Crippen LogP contribution >= 0.6 is 0 Å². The van der Waals surface area contributed by atoms with Crippen LogP contribution in [0.1, 0.15) is 57.7 Å². The van der Waals surface area contributed by atoms with Crippen molar-refractivity contribution in [3.05, 3.63) is 29.3 Å². The van der Waals surface area contributed by atoms with Crippen molar-refractivity contribution < 1.29 is 5.11 Å². The van der Waals surface area contributed by atoms with Crippen LogP contribution in [0.2, 0.25) is 0 Å². The maximum Gasteiger partial charge on any atom is 0.0712 e. The number of aliphatic hydroxyl groups excluding tert-OH is 1. The topological polar surface area (TPSA) is 35.5 Å². The number of hydrogen-bond donors (Lipinski definition) is 2. The Morgan fingerprint density at radius 2 is 2.05 bits per heavy atom. The van der Waals surface area contributed by atoms with Crippen LogP contribution in [-0.2, 0) is 6.42 Å². The summed E-state index contributed by atoms with van der Waals surface area (Å²) in [6, 6.07) is 7.40. The molecule has 1 aromatic carbocycles. The van der Waals surface area contributed by atoms with Gasteiger partial charge in [-0.3, -0.25) is 0 Å². The number of nitrogens with zero attached hydrogens (tertiary/aromatic N) is 1. The van der Waals surface area contributed by atoms with E-state index in [0.717, 1.165) is 25.9 Å². The average Bonchev–Trinajstić information content (AvgIpc) is 2.50. The van der Waals surface area contributed by atoms with E-state index in [2.05, 4.69) is 49.2 Å². The molecule has 0 amide bonds. The molecule has 3 nitrogen and oxygen atoms in total. The number of hydrogen-bond acceptors (Lipinski definition) is 3. The molecule has 1 aliphatic heterocycles. The highest BCUT2D eigenvalue weighted by atomic mass is 16.3. The quantitative estimate of drug-likeness (QED) is 0.844. The molecule has 0 spiro atoms. The smallest absolute Gasteiger partial charge is 0.0712 e. The van der Waals surface area contributed by atoms with Crippen molar-refractivity contribution in [3.8, 4) is 0 Å². The molecule has 1 aromatic rings. The normalized spacial score (nSPS) is 19.0. The molecule has 3 unspecified atom stereocenters. The molecular formula is C18H30N2O. The number of anilines is 1. The van der Waals surface area contributed by atoms with Gasteiger partial charge in [0.05, 0.1) is 12.1 Å². The van der Waals surface area contributed by atoms with Crippen molar-refractivity contribution >= 4 is 5.69 Å². The molecule has 0 aliphatic carbocycles. The fourth-order valence-corrected chi connectivity index (χ4v) is 3.08. The highest BCUT2D eigenvalue weighted by Crippen LogP contribution is 2.31. The first-order chi connectivity index (χ1) is 10.0. The van der Waals surface area contributed by atoms with Crippen molar-refractivity contribution in [1.82, 2.24) is 5.32 Å². The van der Waals surface area contributed by atoms with Crippen LogP contribution < -0.4 is 10.2 Å². The van der Waals surface area contributed by atoms with Gasteiger partial charge in [0.1, 0.15) is 0 Å². The van der Waals surface area contributed by atoms with Gasteiger partial charge < -0.3 is 15.3 Å². The molecule has 1 heterocycles. The fourth-order valence-electron chi connectivity index (χ4n) is 3.08. The third-order valence-corrected chi connectivity index (χ3v) is 4.65. The third kappa shape index (κ3) is 3.78. The molecule has 21 heavy (non-hydrogen) atoms. The minimum absolute atomic E-state index is 0.172. The van der Waals surface area contributed by atoms with Crippen LogP contribution in [0.15, 0.2) is 18.2 Å². The Labute approximate surface area is 129 Å². The highest BCUT2D eigenvalue weighted by molar-refractivity contribution is 5.58. The van der Waals surface area contributed by atoms with Gasteiger partial charge in [-0.05, 0) is 63.8 Å². The van der Waals surface area contributed by atoms with Crippen LogP contribution in [0, 0.1) is 0 Å². The summed E-state index contributed by atoms with van der Waals surface area (Å²) in [6.07, 6.45) is 3.17. The van der Waals surface area contributed by atoms with Crippen molar-refractivity contribution in [1.29, 1.82) is 0 Å². The fraction of sp³-hybridized carbons (Fsp3) is 0.667.